The van der Waals surface area contributed by atoms with Gasteiger partial charge in [-0.1, -0.05) is 27.7 Å². The van der Waals surface area contributed by atoms with Crippen molar-refractivity contribution in [2.45, 2.75) is 67.0 Å². The van der Waals surface area contributed by atoms with E-state index in [1.807, 2.05) is 0 Å². The van der Waals surface area contributed by atoms with E-state index in [0.717, 1.165) is 31.1 Å². The third-order valence-electron chi connectivity index (χ3n) is 3.40. The van der Waals surface area contributed by atoms with Gasteiger partial charge >= 0.3 is 0 Å². The smallest absolute Gasteiger partial charge is 0.0596 e. The molecular weight excluding hydrogens is 234 g/mol. The molecule has 0 saturated carbocycles. The molecule has 0 radical (unpaired) electrons. The molecule has 110 valence electrons. The Kier molecular flexibility index (Phi) is 6.56. The first-order chi connectivity index (χ1) is 8.92. The van der Waals surface area contributed by atoms with Gasteiger partial charge in [0.05, 0.1) is 5.69 Å². The highest BCUT2D eigenvalue weighted by Gasteiger charge is 2.15. The van der Waals surface area contributed by atoms with E-state index in [4.69, 9.17) is 0 Å². The summed E-state index contributed by atoms with van der Waals surface area (Å²) in [5.74, 6) is 1.45. The largest absolute Gasteiger partial charge is 0.314 e. The average Bonchev–Trinajstić information content (AvgIpc) is 2.65. The van der Waals surface area contributed by atoms with Crippen molar-refractivity contribution in [2.75, 3.05) is 6.54 Å². The molecule has 1 atom stereocenters. The van der Waals surface area contributed by atoms with Crippen molar-refractivity contribution >= 4 is 0 Å². The number of hydrogen-bond acceptors (Lipinski definition) is 2. The zero-order valence-electron chi connectivity index (χ0n) is 13.5. The van der Waals surface area contributed by atoms with Gasteiger partial charge in [0.1, 0.15) is 0 Å². The Labute approximate surface area is 118 Å². The van der Waals surface area contributed by atoms with Crippen molar-refractivity contribution < 1.29 is 0 Å². The molecule has 0 aromatic carbocycles. The summed E-state index contributed by atoms with van der Waals surface area (Å²) in [7, 11) is 0. The number of nitrogens with zero attached hydrogens (tertiary/aromatic N) is 2. The van der Waals surface area contributed by atoms with E-state index in [-0.39, 0.29) is 0 Å². The van der Waals surface area contributed by atoms with E-state index in [1.54, 1.807) is 0 Å². The standard InChI is InChI=1S/C16H31N3/c1-7-19-16(9-14(6)18-19)10-15(8-12(2)3)11-17-13(4)5/h9,12-13,15,17H,7-8,10-11H2,1-6H3. The lowest BCUT2D eigenvalue weighted by atomic mass is 9.92. The molecule has 0 spiro atoms. The Morgan fingerprint density at radius 1 is 1.26 bits per heavy atom. The van der Waals surface area contributed by atoms with Crippen LogP contribution in [0.5, 0.6) is 0 Å². The van der Waals surface area contributed by atoms with Gasteiger partial charge < -0.3 is 5.32 Å². The first-order valence-electron chi connectivity index (χ1n) is 7.69. The fraction of sp³-hybridized carbons (Fsp3) is 0.812. The predicted molar refractivity (Wildman–Crippen MR) is 82.4 cm³/mol. The summed E-state index contributed by atoms with van der Waals surface area (Å²) in [6, 6.07) is 2.80. The van der Waals surface area contributed by atoms with Crippen LogP contribution in [0, 0.1) is 18.8 Å². The summed E-state index contributed by atoms with van der Waals surface area (Å²) >= 11 is 0. The molecule has 0 saturated heterocycles. The monoisotopic (exact) mass is 265 g/mol. The molecule has 1 aromatic heterocycles. The van der Waals surface area contributed by atoms with Gasteiger partial charge in [-0.05, 0) is 51.1 Å². The van der Waals surface area contributed by atoms with Gasteiger partial charge in [-0.2, -0.15) is 5.10 Å². The Balaban J connectivity index is 2.69. The van der Waals surface area contributed by atoms with Crippen LogP contribution in [0.2, 0.25) is 0 Å². The first kappa shape index (κ1) is 16.2. The predicted octanol–water partition coefficient (Wildman–Crippen LogP) is 3.41. The Morgan fingerprint density at radius 3 is 2.47 bits per heavy atom. The minimum atomic E-state index is 0.562. The summed E-state index contributed by atoms with van der Waals surface area (Å²) in [5.41, 5.74) is 2.52. The number of aromatic nitrogens is 2. The molecule has 1 N–H and O–H groups in total. The molecule has 1 heterocycles. The van der Waals surface area contributed by atoms with Crippen LogP contribution in [0.25, 0.3) is 0 Å². The van der Waals surface area contributed by atoms with Gasteiger partial charge in [0.2, 0.25) is 0 Å². The maximum absolute atomic E-state index is 4.55. The molecule has 3 heteroatoms. The molecule has 0 fully saturated rings. The molecule has 1 aromatic rings. The molecule has 1 rings (SSSR count). The molecule has 19 heavy (non-hydrogen) atoms. The molecular formula is C16H31N3. The van der Waals surface area contributed by atoms with E-state index in [0.29, 0.717) is 12.0 Å². The minimum Gasteiger partial charge on any atom is -0.314 e. The van der Waals surface area contributed by atoms with Crippen LogP contribution in [0.1, 0.15) is 52.4 Å². The Morgan fingerprint density at radius 2 is 1.95 bits per heavy atom. The maximum Gasteiger partial charge on any atom is 0.0596 e. The summed E-state index contributed by atoms with van der Waals surface area (Å²) in [4.78, 5) is 0. The third kappa shape index (κ3) is 5.77. The second kappa shape index (κ2) is 7.68. The summed E-state index contributed by atoms with van der Waals surface area (Å²) in [6.07, 6.45) is 2.40. The Bertz CT molecular complexity index is 366. The van der Waals surface area contributed by atoms with E-state index in [1.165, 1.54) is 12.1 Å². The molecule has 0 bridgehead atoms. The summed E-state index contributed by atoms with van der Waals surface area (Å²) in [6.45, 7) is 15.4. The highest BCUT2D eigenvalue weighted by atomic mass is 15.3. The van der Waals surface area contributed by atoms with Crippen LogP contribution in [0.4, 0.5) is 0 Å². The second-order valence-corrected chi connectivity index (χ2v) is 6.36. The average molecular weight is 265 g/mol. The van der Waals surface area contributed by atoms with Crippen molar-refractivity contribution in [1.82, 2.24) is 15.1 Å². The highest BCUT2D eigenvalue weighted by molar-refractivity contribution is 5.10. The lowest BCUT2D eigenvalue weighted by Crippen LogP contribution is -2.31. The van der Waals surface area contributed by atoms with Gasteiger partial charge in [-0.15, -0.1) is 0 Å². The number of hydrogen-bond donors (Lipinski definition) is 1. The summed E-state index contributed by atoms with van der Waals surface area (Å²) < 4.78 is 2.15. The zero-order chi connectivity index (χ0) is 14.4. The highest BCUT2D eigenvalue weighted by Crippen LogP contribution is 2.18. The number of rotatable bonds is 8. The van der Waals surface area contributed by atoms with Crippen LogP contribution in [-0.4, -0.2) is 22.4 Å². The summed E-state index contributed by atoms with van der Waals surface area (Å²) in [5, 5.41) is 8.14. The molecule has 1 unspecified atom stereocenters. The maximum atomic E-state index is 4.55. The van der Waals surface area contributed by atoms with Crippen LogP contribution in [0.3, 0.4) is 0 Å². The number of nitrogens with one attached hydrogen (secondary N) is 1. The molecule has 0 aliphatic carbocycles. The van der Waals surface area contributed by atoms with Gasteiger partial charge in [-0.3, -0.25) is 4.68 Å². The molecule has 0 aliphatic rings. The van der Waals surface area contributed by atoms with Crippen molar-refractivity contribution in [3.8, 4) is 0 Å². The van der Waals surface area contributed by atoms with Crippen LogP contribution in [0.15, 0.2) is 6.07 Å². The zero-order valence-corrected chi connectivity index (χ0v) is 13.5. The van der Waals surface area contributed by atoms with Crippen LogP contribution in [-0.2, 0) is 13.0 Å². The van der Waals surface area contributed by atoms with Crippen molar-refractivity contribution in [3.63, 3.8) is 0 Å². The van der Waals surface area contributed by atoms with Crippen LogP contribution >= 0.6 is 0 Å². The van der Waals surface area contributed by atoms with Gasteiger partial charge in [0.25, 0.3) is 0 Å². The minimum absolute atomic E-state index is 0.562. The van der Waals surface area contributed by atoms with E-state index in [2.05, 4.69) is 62.7 Å². The molecule has 0 amide bonds. The van der Waals surface area contributed by atoms with Gasteiger partial charge in [0.15, 0.2) is 0 Å². The van der Waals surface area contributed by atoms with Crippen molar-refractivity contribution in [2.24, 2.45) is 11.8 Å². The van der Waals surface area contributed by atoms with Crippen molar-refractivity contribution in [3.05, 3.63) is 17.5 Å². The van der Waals surface area contributed by atoms with E-state index in [9.17, 15) is 0 Å². The fourth-order valence-electron chi connectivity index (χ4n) is 2.64. The lowest BCUT2D eigenvalue weighted by Gasteiger charge is -2.21. The molecule has 3 nitrogen and oxygen atoms in total. The van der Waals surface area contributed by atoms with E-state index < -0.39 is 0 Å². The van der Waals surface area contributed by atoms with Gasteiger partial charge in [-0.25, -0.2) is 0 Å². The van der Waals surface area contributed by atoms with E-state index >= 15 is 0 Å². The normalized spacial score (nSPS) is 13.5. The lowest BCUT2D eigenvalue weighted by molar-refractivity contribution is 0.365. The van der Waals surface area contributed by atoms with Crippen molar-refractivity contribution in [1.29, 1.82) is 0 Å². The quantitative estimate of drug-likeness (QED) is 0.780. The van der Waals surface area contributed by atoms with Crippen LogP contribution < -0.4 is 5.32 Å². The second-order valence-electron chi connectivity index (χ2n) is 6.36. The van der Waals surface area contributed by atoms with Gasteiger partial charge in [0, 0.05) is 18.3 Å². The Hall–Kier alpha value is -0.830. The molecule has 0 aliphatic heterocycles. The topological polar surface area (TPSA) is 29.9 Å². The number of aryl methyl sites for hydroxylation is 2. The SMILES string of the molecule is CCn1nc(C)cc1CC(CNC(C)C)CC(C)C. The fourth-order valence-corrected chi connectivity index (χ4v) is 2.64. The third-order valence-corrected chi connectivity index (χ3v) is 3.40. The first-order valence-corrected chi connectivity index (χ1v) is 7.69.